The Bertz CT molecular complexity index is 1360. The normalized spacial score (nSPS) is 16.5. The second-order valence-electron chi connectivity index (χ2n) is 8.62. The number of nitrogens with one attached hydrogen (secondary N) is 2. The lowest BCUT2D eigenvalue weighted by Crippen LogP contribution is -2.31. The fourth-order valence-electron chi connectivity index (χ4n) is 3.72. The van der Waals surface area contributed by atoms with Crippen molar-refractivity contribution < 1.29 is 26.4 Å². The highest BCUT2D eigenvalue weighted by molar-refractivity contribution is 7.93. The molecule has 0 fully saturated rings. The molecule has 2 aromatic rings. The number of thiophene rings is 1. The second-order valence-corrected chi connectivity index (χ2v) is 13.4. The van der Waals surface area contributed by atoms with Crippen molar-refractivity contribution in [1.82, 2.24) is 9.62 Å². The molecular weight excluding hydrogens is 512 g/mol. The first-order valence-electron chi connectivity index (χ1n) is 11.2. The Morgan fingerprint density at radius 1 is 1.20 bits per heavy atom. The number of aryl methyl sites for hydroxylation is 3. The van der Waals surface area contributed by atoms with Crippen molar-refractivity contribution in [2.75, 3.05) is 18.4 Å². The van der Waals surface area contributed by atoms with Gasteiger partial charge in [-0.2, -0.15) is 12.7 Å². The minimum Gasteiger partial charge on any atom is -0.504 e. The maximum Gasteiger partial charge on any atom is 0.279 e. The summed E-state index contributed by atoms with van der Waals surface area (Å²) in [5.74, 6) is 0.949. The van der Waals surface area contributed by atoms with Crippen LogP contribution in [0.1, 0.15) is 55.7 Å². The summed E-state index contributed by atoms with van der Waals surface area (Å²) in [4.78, 5) is 0.470. The van der Waals surface area contributed by atoms with E-state index in [2.05, 4.69) is 15.0 Å². The second kappa shape index (κ2) is 9.96. The molecule has 0 amide bonds. The number of sulfonamides is 2. The van der Waals surface area contributed by atoms with Gasteiger partial charge in [-0.25, -0.2) is 8.42 Å². The van der Waals surface area contributed by atoms with Gasteiger partial charge in [-0.15, -0.1) is 15.7 Å². The van der Waals surface area contributed by atoms with Crippen LogP contribution >= 0.6 is 11.3 Å². The minimum atomic E-state index is -3.92. The van der Waals surface area contributed by atoms with Crippen LogP contribution in [0.2, 0.25) is 0 Å². The van der Waals surface area contributed by atoms with Crippen molar-refractivity contribution >= 4 is 42.9 Å². The summed E-state index contributed by atoms with van der Waals surface area (Å²) in [7, 11) is -7.83. The summed E-state index contributed by atoms with van der Waals surface area (Å²) < 4.78 is 61.4. The first-order valence-corrected chi connectivity index (χ1v) is 15.0. The third kappa shape index (κ3) is 5.42. The molecular formula is C22H32N4O6S3. The van der Waals surface area contributed by atoms with Crippen molar-refractivity contribution in [3.63, 3.8) is 0 Å². The standard InChI is InChI=1S/C22H32N4O6S3/c1-8-26(9-2)35(30,31)22-20(27)19(15(7)33-22)24-21-16(11-34(28,29)25-21)23-18(12(3)4)17-10-13(5)14(6)32-17/h10-12,18,23,27H,8-9H2,1-7H3,(H,24,25)/t18-/m1/s1. The molecule has 0 bridgehead atoms. The summed E-state index contributed by atoms with van der Waals surface area (Å²) in [5.41, 5.74) is 1.26. The molecule has 35 heavy (non-hydrogen) atoms. The van der Waals surface area contributed by atoms with Crippen LogP contribution in [0.25, 0.3) is 0 Å². The molecule has 3 heterocycles. The molecule has 0 unspecified atom stereocenters. The van der Waals surface area contributed by atoms with Crippen molar-refractivity contribution in [2.45, 2.75) is 58.7 Å². The first-order chi connectivity index (χ1) is 16.2. The fraction of sp³-hybridized carbons (Fsp3) is 0.500. The third-order valence-electron chi connectivity index (χ3n) is 5.76. The Morgan fingerprint density at radius 3 is 2.34 bits per heavy atom. The maximum absolute atomic E-state index is 13.0. The van der Waals surface area contributed by atoms with Crippen molar-refractivity contribution in [1.29, 1.82) is 0 Å². The molecule has 0 spiro atoms. The number of amidine groups is 1. The van der Waals surface area contributed by atoms with Gasteiger partial charge in [-0.05, 0) is 38.3 Å². The van der Waals surface area contributed by atoms with E-state index in [4.69, 9.17) is 4.42 Å². The molecule has 194 valence electrons. The number of hydrogen-bond acceptors (Lipinski definition) is 9. The average molecular weight is 545 g/mol. The molecule has 1 atom stereocenters. The van der Waals surface area contributed by atoms with Gasteiger partial charge in [0, 0.05) is 18.0 Å². The predicted octanol–water partition coefficient (Wildman–Crippen LogP) is 3.98. The van der Waals surface area contributed by atoms with Gasteiger partial charge >= 0.3 is 0 Å². The minimum absolute atomic E-state index is 0.0347. The third-order valence-corrected chi connectivity index (χ3v) is 10.4. The van der Waals surface area contributed by atoms with E-state index in [0.29, 0.717) is 10.6 Å². The molecule has 10 nitrogen and oxygen atoms in total. The maximum atomic E-state index is 13.0. The van der Waals surface area contributed by atoms with Crippen LogP contribution in [0.3, 0.4) is 0 Å². The fourth-order valence-corrected chi connectivity index (χ4v) is 7.75. The average Bonchev–Trinajstić information content (AvgIpc) is 3.34. The molecule has 3 N–H and O–H groups in total. The highest BCUT2D eigenvalue weighted by atomic mass is 32.2. The van der Waals surface area contributed by atoms with Crippen molar-refractivity contribution in [3.05, 3.63) is 39.1 Å². The van der Waals surface area contributed by atoms with Crippen molar-refractivity contribution in [2.24, 2.45) is 10.3 Å². The Labute approximate surface area is 210 Å². The van der Waals surface area contributed by atoms with Crippen LogP contribution in [0, 0.1) is 26.7 Å². The highest BCUT2D eigenvalue weighted by Gasteiger charge is 2.33. The van der Waals surface area contributed by atoms with Gasteiger partial charge in [0.05, 0.1) is 22.8 Å². The number of anilines is 1. The SMILES string of the molecule is CCN(CC)S(=O)(=O)c1sc(C)c(NC2=NS(=O)(=O)C=C2N[C@@H](c2cc(C)c(C)o2)C(C)C)c1O. The Balaban J connectivity index is 1.97. The van der Waals surface area contributed by atoms with Gasteiger partial charge in [0.2, 0.25) is 0 Å². The zero-order chi connectivity index (χ0) is 26.3. The van der Waals surface area contributed by atoms with Crippen LogP contribution < -0.4 is 10.6 Å². The molecule has 0 aromatic carbocycles. The summed E-state index contributed by atoms with van der Waals surface area (Å²) >= 11 is 0.910. The Hall–Kier alpha value is -2.35. The van der Waals surface area contributed by atoms with E-state index in [9.17, 15) is 21.9 Å². The first kappa shape index (κ1) is 27.2. The van der Waals surface area contributed by atoms with E-state index >= 15 is 0 Å². The van der Waals surface area contributed by atoms with Crippen molar-refractivity contribution in [3.8, 4) is 5.75 Å². The zero-order valence-corrected chi connectivity index (χ0v) is 23.3. The molecule has 0 aliphatic carbocycles. The number of aromatic hydroxyl groups is 1. The Kier molecular flexibility index (Phi) is 7.75. The lowest BCUT2D eigenvalue weighted by molar-refractivity contribution is 0.357. The molecule has 2 aromatic heterocycles. The van der Waals surface area contributed by atoms with E-state index in [0.717, 1.165) is 28.1 Å². The molecule has 1 aliphatic heterocycles. The van der Waals surface area contributed by atoms with E-state index in [1.807, 2.05) is 33.8 Å². The smallest absolute Gasteiger partial charge is 0.279 e. The number of nitrogens with zero attached hydrogens (tertiary/aromatic N) is 2. The number of rotatable bonds is 9. The van der Waals surface area contributed by atoms with E-state index in [-0.39, 0.29) is 46.5 Å². The van der Waals surface area contributed by atoms with Gasteiger partial charge in [0.25, 0.3) is 20.0 Å². The van der Waals surface area contributed by atoms with Crippen LogP contribution in [0.5, 0.6) is 5.75 Å². The van der Waals surface area contributed by atoms with Gasteiger partial charge in [-0.3, -0.25) is 0 Å². The summed E-state index contributed by atoms with van der Waals surface area (Å²) in [5, 5.41) is 17.9. The number of furan rings is 1. The molecule has 0 saturated carbocycles. The quantitative estimate of drug-likeness (QED) is 0.430. The molecule has 0 saturated heterocycles. The predicted molar refractivity (Wildman–Crippen MR) is 138 cm³/mol. The van der Waals surface area contributed by atoms with Crippen LogP contribution in [0.15, 0.2) is 30.2 Å². The summed E-state index contributed by atoms with van der Waals surface area (Å²) in [6.07, 6.45) is 0. The van der Waals surface area contributed by atoms with E-state index < -0.39 is 25.8 Å². The monoisotopic (exact) mass is 544 g/mol. The molecule has 1 aliphatic rings. The Morgan fingerprint density at radius 2 is 1.83 bits per heavy atom. The summed E-state index contributed by atoms with van der Waals surface area (Å²) in [6.45, 7) is 13.3. The lowest BCUT2D eigenvalue weighted by Gasteiger charge is -2.23. The van der Waals surface area contributed by atoms with E-state index in [1.165, 1.54) is 4.31 Å². The van der Waals surface area contributed by atoms with Gasteiger partial charge in [-0.1, -0.05) is 27.7 Å². The van der Waals surface area contributed by atoms with Crippen LogP contribution in [0.4, 0.5) is 5.69 Å². The van der Waals surface area contributed by atoms with E-state index in [1.54, 1.807) is 20.8 Å². The van der Waals surface area contributed by atoms with Gasteiger partial charge < -0.3 is 20.2 Å². The van der Waals surface area contributed by atoms with Crippen LogP contribution in [-0.2, 0) is 20.0 Å². The lowest BCUT2D eigenvalue weighted by atomic mass is 10.0. The highest BCUT2D eigenvalue weighted by Crippen LogP contribution is 2.43. The van der Waals surface area contributed by atoms with Gasteiger partial charge in [0.1, 0.15) is 11.5 Å². The zero-order valence-electron chi connectivity index (χ0n) is 20.8. The largest absolute Gasteiger partial charge is 0.504 e. The number of hydrogen-bond donors (Lipinski definition) is 3. The molecule has 13 heteroatoms. The summed E-state index contributed by atoms with van der Waals surface area (Å²) in [6, 6.07) is 1.55. The van der Waals surface area contributed by atoms with Crippen LogP contribution in [-0.4, -0.2) is 45.2 Å². The molecule has 3 rings (SSSR count). The van der Waals surface area contributed by atoms with Gasteiger partial charge in [0.15, 0.2) is 15.8 Å². The molecule has 0 radical (unpaired) electrons. The topological polar surface area (TPSA) is 141 Å².